The summed E-state index contributed by atoms with van der Waals surface area (Å²) in [5.74, 6) is 1.37. The zero-order valence-electron chi connectivity index (χ0n) is 12.3. The van der Waals surface area contributed by atoms with E-state index < -0.39 is 10.0 Å². The van der Waals surface area contributed by atoms with Crippen LogP contribution in [0, 0.1) is 19.8 Å². The Morgan fingerprint density at radius 1 is 1.21 bits per heavy atom. The molecule has 2 N–H and O–H groups in total. The topological polar surface area (TPSA) is 71.3 Å². The number of rotatable bonds is 7. The molecule has 6 heteroatoms. The van der Waals surface area contributed by atoms with E-state index in [0.29, 0.717) is 24.6 Å². The Labute approximate surface area is 115 Å². The molecular weight excluding hydrogens is 264 g/mol. The molecule has 19 heavy (non-hydrogen) atoms. The lowest BCUT2D eigenvalue weighted by molar-refractivity contribution is 0.492. The van der Waals surface area contributed by atoms with Crippen LogP contribution in [0.5, 0.6) is 0 Å². The first-order valence-corrected chi connectivity index (χ1v) is 8.07. The van der Waals surface area contributed by atoms with Gasteiger partial charge in [0, 0.05) is 18.7 Å². The zero-order valence-corrected chi connectivity index (χ0v) is 13.1. The molecule has 0 aromatic carbocycles. The van der Waals surface area contributed by atoms with E-state index in [-0.39, 0.29) is 10.8 Å². The number of nitrogens with one attached hydrogen (secondary N) is 2. The van der Waals surface area contributed by atoms with Gasteiger partial charge in [-0.1, -0.05) is 20.8 Å². The van der Waals surface area contributed by atoms with E-state index in [2.05, 4.69) is 10.0 Å². The smallest absolute Gasteiger partial charge is 0.244 e. The summed E-state index contributed by atoms with van der Waals surface area (Å²) in [6, 6.07) is 0. The second-order valence-electron chi connectivity index (χ2n) is 5.05. The van der Waals surface area contributed by atoms with E-state index in [4.69, 9.17) is 4.42 Å². The van der Waals surface area contributed by atoms with Crippen LogP contribution in [0.25, 0.3) is 0 Å². The predicted octanol–water partition coefficient (Wildman–Crippen LogP) is 1.94. The Hall–Kier alpha value is -0.850. The standard InChI is InChI=1S/C13H24N2O3S/c1-6-14-8-12-10(4)18-11(5)13(12)19(16,17)15-7-9(2)3/h9,14-15H,6-8H2,1-5H3. The molecule has 0 spiro atoms. The van der Waals surface area contributed by atoms with Crippen LogP contribution in [-0.2, 0) is 16.6 Å². The van der Waals surface area contributed by atoms with E-state index in [1.54, 1.807) is 13.8 Å². The van der Waals surface area contributed by atoms with Crippen LogP contribution in [-0.4, -0.2) is 21.5 Å². The molecule has 0 aliphatic carbocycles. The highest BCUT2D eigenvalue weighted by atomic mass is 32.2. The van der Waals surface area contributed by atoms with E-state index in [1.807, 2.05) is 20.8 Å². The second-order valence-corrected chi connectivity index (χ2v) is 6.75. The summed E-state index contributed by atoms with van der Waals surface area (Å²) in [4.78, 5) is 0.284. The van der Waals surface area contributed by atoms with Crippen molar-refractivity contribution in [2.75, 3.05) is 13.1 Å². The fourth-order valence-electron chi connectivity index (χ4n) is 1.86. The number of sulfonamides is 1. The highest BCUT2D eigenvalue weighted by Crippen LogP contribution is 2.26. The average molecular weight is 288 g/mol. The van der Waals surface area contributed by atoms with Crippen LogP contribution in [0.2, 0.25) is 0 Å². The molecule has 110 valence electrons. The zero-order chi connectivity index (χ0) is 14.6. The van der Waals surface area contributed by atoms with Gasteiger partial charge in [-0.15, -0.1) is 0 Å². The van der Waals surface area contributed by atoms with Crippen LogP contribution in [0.1, 0.15) is 37.9 Å². The van der Waals surface area contributed by atoms with Crippen molar-refractivity contribution in [3.63, 3.8) is 0 Å². The van der Waals surface area contributed by atoms with Crippen LogP contribution >= 0.6 is 0 Å². The van der Waals surface area contributed by atoms with Gasteiger partial charge in [0.1, 0.15) is 16.4 Å². The fraction of sp³-hybridized carbons (Fsp3) is 0.692. The first-order chi connectivity index (χ1) is 8.79. The number of hydrogen-bond acceptors (Lipinski definition) is 4. The number of furan rings is 1. The molecule has 0 saturated heterocycles. The van der Waals surface area contributed by atoms with Crippen LogP contribution in [0.15, 0.2) is 9.31 Å². The fourth-order valence-corrected chi connectivity index (χ4v) is 3.52. The van der Waals surface area contributed by atoms with E-state index in [9.17, 15) is 8.42 Å². The summed E-state index contributed by atoms with van der Waals surface area (Å²) in [6.07, 6.45) is 0. The van der Waals surface area contributed by atoms with Gasteiger partial charge >= 0.3 is 0 Å². The lowest BCUT2D eigenvalue weighted by Crippen LogP contribution is -2.29. The Bertz CT molecular complexity index is 518. The molecule has 0 aliphatic heterocycles. The highest BCUT2D eigenvalue weighted by molar-refractivity contribution is 7.89. The van der Waals surface area contributed by atoms with Gasteiger partial charge in [-0.25, -0.2) is 13.1 Å². The van der Waals surface area contributed by atoms with Crippen molar-refractivity contribution >= 4 is 10.0 Å². The molecule has 1 rings (SSSR count). The summed E-state index contributed by atoms with van der Waals surface area (Å²) in [5.41, 5.74) is 0.718. The molecule has 0 fully saturated rings. The van der Waals surface area contributed by atoms with Gasteiger partial charge in [-0.3, -0.25) is 0 Å². The van der Waals surface area contributed by atoms with Crippen molar-refractivity contribution in [1.29, 1.82) is 0 Å². The molecule has 1 aromatic heterocycles. The van der Waals surface area contributed by atoms with E-state index >= 15 is 0 Å². The second kappa shape index (κ2) is 6.54. The minimum Gasteiger partial charge on any atom is -0.465 e. The third kappa shape index (κ3) is 4.06. The summed E-state index contributed by atoms with van der Waals surface area (Å²) in [7, 11) is -3.51. The van der Waals surface area contributed by atoms with Crippen LogP contribution in [0.3, 0.4) is 0 Å². The molecule has 0 amide bonds. The maximum atomic E-state index is 12.4. The summed E-state index contributed by atoms with van der Waals surface area (Å²) in [5, 5.41) is 3.14. The Morgan fingerprint density at radius 3 is 2.37 bits per heavy atom. The molecule has 0 aliphatic rings. The van der Waals surface area contributed by atoms with Gasteiger partial charge in [-0.2, -0.15) is 0 Å². The Kier molecular flexibility index (Phi) is 5.58. The van der Waals surface area contributed by atoms with Gasteiger partial charge in [0.25, 0.3) is 0 Å². The average Bonchev–Trinajstić information content (AvgIpc) is 2.59. The third-order valence-electron chi connectivity index (χ3n) is 2.83. The van der Waals surface area contributed by atoms with Crippen molar-refractivity contribution in [3.05, 3.63) is 17.1 Å². The van der Waals surface area contributed by atoms with Gasteiger partial charge in [-0.05, 0) is 26.3 Å². The van der Waals surface area contributed by atoms with E-state index in [1.165, 1.54) is 0 Å². The quantitative estimate of drug-likeness (QED) is 0.804. The molecule has 1 heterocycles. The molecule has 0 saturated carbocycles. The van der Waals surface area contributed by atoms with Crippen molar-refractivity contribution in [3.8, 4) is 0 Å². The number of hydrogen-bond donors (Lipinski definition) is 2. The largest absolute Gasteiger partial charge is 0.465 e. The minimum absolute atomic E-state index is 0.264. The molecule has 1 aromatic rings. The monoisotopic (exact) mass is 288 g/mol. The van der Waals surface area contributed by atoms with Crippen molar-refractivity contribution in [2.45, 2.75) is 46.1 Å². The van der Waals surface area contributed by atoms with Crippen LogP contribution < -0.4 is 10.0 Å². The summed E-state index contributed by atoms with van der Waals surface area (Å²) < 4.78 is 32.8. The Balaban J connectivity index is 3.10. The highest BCUT2D eigenvalue weighted by Gasteiger charge is 2.26. The Morgan fingerprint density at radius 2 is 1.84 bits per heavy atom. The van der Waals surface area contributed by atoms with Crippen molar-refractivity contribution < 1.29 is 12.8 Å². The summed E-state index contributed by atoms with van der Waals surface area (Å²) in [6.45, 7) is 11.1. The van der Waals surface area contributed by atoms with E-state index in [0.717, 1.165) is 12.1 Å². The lowest BCUT2D eigenvalue weighted by Gasteiger charge is -2.10. The predicted molar refractivity (Wildman–Crippen MR) is 75.6 cm³/mol. The van der Waals surface area contributed by atoms with Crippen molar-refractivity contribution in [1.82, 2.24) is 10.0 Å². The van der Waals surface area contributed by atoms with Gasteiger partial charge in [0.05, 0.1) is 0 Å². The first kappa shape index (κ1) is 16.2. The molecule has 0 atom stereocenters. The first-order valence-electron chi connectivity index (χ1n) is 6.58. The molecular formula is C13H24N2O3S. The van der Waals surface area contributed by atoms with Crippen LogP contribution in [0.4, 0.5) is 0 Å². The lowest BCUT2D eigenvalue weighted by atomic mass is 10.2. The molecule has 5 nitrogen and oxygen atoms in total. The SMILES string of the molecule is CCNCc1c(C)oc(C)c1S(=O)(=O)NCC(C)C. The van der Waals surface area contributed by atoms with Gasteiger partial charge in [0.2, 0.25) is 10.0 Å². The maximum absolute atomic E-state index is 12.4. The van der Waals surface area contributed by atoms with Gasteiger partial charge < -0.3 is 9.73 Å². The normalized spacial score (nSPS) is 12.3. The minimum atomic E-state index is -3.51. The summed E-state index contributed by atoms with van der Waals surface area (Å²) >= 11 is 0. The molecule has 0 radical (unpaired) electrons. The third-order valence-corrected chi connectivity index (χ3v) is 4.45. The maximum Gasteiger partial charge on any atom is 0.244 e. The number of aryl methyl sites for hydroxylation is 2. The molecule has 0 bridgehead atoms. The van der Waals surface area contributed by atoms with Gasteiger partial charge in [0.15, 0.2) is 0 Å². The van der Waals surface area contributed by atoms with Crippen molar-refractivity contribution in [2.24, 2.45) is 5.92 Å². The molecule has 0 unspecified atom stereocenters.